The smallest absolute Gasteiger partial charge is 0.335 e. The van der Waals surface area contributed by atoms with Crippen molar-refractivity contribution in [2.24, 2.45) is 0 Å². The monoisotopic (exact) mass is 410 g/mol. The second-order valence-corrected chi connectivity index (χ2v) is 7.72. The summed E-state index contributed by atoms with van der Waals surface area (Å²) in [7, 11) is 0. The molecule has 140 valence electrons. The zero-order valence-electron chi connectivity index (χ0n) is 14.2. The number of carbonyl (C=O) groups excluding carboxylic acids is 1. The van der Waals surface area contributed by atoms with Gasteiger partial charge in [0, 0.05) is 5.56 Å². The van der Waals surface area contributed by atoms with E-state index in [1.54, 1.807) is 6.08 Å². The molecule has 4 rings (SSSR count). The lowest BCUT2D eigenvalue weighted by atomic mass is 10.1. The molecule has 8 heteroatoms. The van der Waals surface area contributed by atoms with Crippen LogP contribution in [0, 0.1) is 0 Å². The van der Waals surface area contributed by atoms with Gasteiger partial charge in [0.05, 0.1) is 16.2 Å². The van der Waals surface area contributed by atoms with E-state index in [2.05, 4.69) is 0 Å². The Hall–Kier alpha value is -3.10. The molecule has 1 amide bonds. The summed E-state index contributed by atoms with van der Waals surface area (Å²) in [6.07, 6.45) is 3.66. The summed E-state index contributed by atoms with van der Waals surface area (Å²) < 4.78 is 5.96. The predicted octanol–water partition coefficient (Wildman–Crippen LogP) is 3.18. The van der Waals surface area contributed by atoms with Crippen LogP contribution in [0.25, 0.3) is 6.08 Å². The Kier molecular flexibility index (Phi) is 4.66. The second-order valence-electron chi connectivity index (χ2n) is 6.05. The minimum absolute atomic E-state index is 0.252. The highest BCUT2D eigenvalue weighted by molar-refractivity contribution is 8.27. The molecule has 2 aromatic rings. The molecule has 1 saturated heterocycles. The number of hydrogen-bond acceptors (Lipinski definition) is 6. The van der Waals surface area contributed by atoms with Crippen LogP contribution in [0.15, 0.2) is 59.0 Å². The quantitative estimate of drug-likeness (QED) is 0.614. The van der Waals surface area contributed by atoms with Crippen molar-refractivity contribution < 1.29 is 24.5 Å². The normalized spacial score (nSPS) is 17.4. The number of fused-ring (bicyclic) bond motifs is 1. The standard InChI is InChI=1S/C20H13NO5S2/c22-15-6-5-13(9-14(15)19(24)25)21-18(23)17(28-20(21)27)8-11-7-12-3-1-2-4-16(12)26-10-11/h1-9,22H,10H2,(H,24,25)/p-1/b17-8+. The van der Waals surface area contributed by atoms with Gasteiger partial charge in [0.25, 0.3) is 5.91 Å². The molecule has 0 radical (unpaired) electrons. The first-order valence-electron chi connectivity index (χ1n) is 8.19. The van der Waals surface area contributed by atoms with E-state index in [4.69, 9.17) is 22.1 Å². The molecule has 1 N–H and O–H groups in total. The molecule has 0 unspecified atom stereocenters. The average Bonchev–Trinajstić information content (AvgIpc) is 2.95. The second kappa shape index (κ2) is 7.14. The number of hydrogen-bond donors (Lipinski definition) is 1. The van der Waals surface area contributed by atoms with Crippen LogP contribution in [0.5, 0.6) is 11.5 Å². The molecule has 0 atom stereocenters. The van der Waals surface area contributed by atoms with Crippen molar-refractivity contribution in [3.63, 3.8) is 0 Å². The van der Waals surface area contributed by atoms with E-state index in [1.807, 2.05) is 30.3 Å². The van der Waals surface area contributed by atoms with Gasteiger partial charge in [-0.15, -0.1) is 0 Å². The number of rotatable bonds is 3. The Labute approximate surface area is 169 Å². The fraction of sp³-hybridized carbons (Fsp3) is 0.0500. The summed E-state index contributed by atoms with van der Waals surface area (Å²) in [5, 5.41) is 20.8. The number of thioether (sulfide) groups is 1. The van der Waals surface area contributed by atoms with Crippen LogP contribution >= 0.6 is 24.0 Å². The van der Waals surface area contributed by atoms with Gasteiger partial charge in [0.2, 0.25) is 0 Å². The Morgan fingerprint density at radius 1 is 1.29 bits per heavy atom. The number of aromatic carboxylic acids is 1. The number of benzene rings is 2. The Morgan fingerprint density at radius 2 is 2.07 bits per heavy atom. The fourth-order valence-electron chi connectivity index (χ4n) is 2.90. The molecule has 1 fully saturated rings. The lowest BCUT2D eigenvalue weighted by Gasteiger charge is -2.18. The van der Waals surface area contributed by atoms with Crippen molar-refractivity contribution in [1.82, 2.24) is 0 Å². The Balaban J connectivity index is 1.65. The van der Waals surface area contributed by atoms with Crippen molar-refractivity contribution in [2.75, 3.05) is 11.5 Å². The molecule has 0 aliphatic carbocycles. The van der Waals surface area contributed by atoms with E-state index in [9.17, 15) is 14.7 Å². The molecule has 2 aromatic carbocycles. The Bertz CT molecular complexity index is 1090. The molecule has 2 heterocycles. The summed E-state index contributed by atoms with van der Waals surface area (Å²) in [6, 6.07) is 11.3. The summed E-state index contributed by atoms with van der Waals surface area (Å²) >= 11 is 6.42. The maximum atomic E-state index is 12.9. The average molecular weight is 410 g/mol. The highest BCUT2D eigenvalue weighted by Crippen LogP contribution is 2.37. The van der Waals surface area contributed by atoms with Crippen LogP contribution in [0.3, 0.4) is 0 Å². The zero-order valence-corrected chi connectivity index (χ0v) is 15.9. The molecule has 2 aliphatic rings. The molecular formula is C20H12NO5S2-. The molecule has 0 spiro atoms. The Morgan fingerprint density at radius 3 is 2.86 bits per heavy atom. The molecule has 6 nitrogen and oxygen atoms in total. The van der Waals surface area contributed by atoms with E-state index in [0.29, 0.717) is 11.5 Å². The molecule has 0 bridgehead atoms. The van der Waals surface area contributed by atoms with Crippen molar-refractivity contribution >= 4 is 51.9 Å². The van der Waals surface area contributed by atoms with Gasteiger partial charge < -0.3 is 14.9 Å². The highest BCUT2D eigenvalue weighted by Gasteiger charge is 2.34. The van der Waals surface area contributed by atoms with Crippen LogP contribution in [0.4, 0.5) is 5.69 Å². The van der Waals surface area contributed by atoms with Gasteiger partial charge in [-0.3, -0.25) is 9.69 Å². The van der Waals surface area contributed by atoms with Gasteiger partial charge in [-0.05, 0) is 35.9 Å². The number of anilines is 1. The molecule has 0 aromatic heterocycles. The molecule has 28 heavy (non-hydrogen) atoms. The van der Waals surface area contributed by atoms with Gasteiger partial charge in [-0.1, -0.05) is 54.0 Å². The van der Waals surface area contributed by atoms with E-state index < -0.39 is 17.3 Å². The van der Waals surface area contributed by atoms with Crippen molar-refractivity contribution in [3.05, 3.63) is 70.1 Å². The van der Waals surface area contributed by atoms with Crippen molar-refractivity contribution in [1.29, 1.82) is 0 Å². The minimum Gasteiger partial charge on any atom is -0.872 e. The van der Waals surface area contributed by atoms with Gasteiger partial charge >= 0.3 is 5.97 Å². The van der Waals surface area contributed by atoms with Crippen LogP contribution in [-0.4, -0.2) is 27.9 Å². The third kappa shape index (κ3) is 3.28. The first kappa shape index (κ1) is 18.3. The first-order chi connectivity index (χ1) is 13.4. The summed E-state index contributed by atoms with van der Waals surface area (Å²) in [5.74, 6) is -1.56. The number of thiocarbonyl (C=S) groups is 1. The topological polar surface area (TPSA) is 89.9 Å². The lowest BCUT2D eigenvalue weighted by Crippen LogP contribution is -2.28. The zero-order chi connectivity index (χ0) is 19.8. The van der Waals surface area contributed by atoms with E-state index in [1.165, 1.54) is 11.0 Å². The maximum absolute atomic E-state index is 12.9. The van der Waals surface area contributed by atoms with Crippen LogP contribution in [-0.2, 0) is 4.79 Å². The third-order valence-electron chi connectivity index (χ3n) is 4.22. The predicted molar refractivity (Wildman–Crippen MR) is 109 cm³/mol. The molecular weight excluding hydrogens is 398 g/mol. The summed E-state index contributed by atoms with van der Waals surface area (Å²) in [6.45, 7) is 0.329. The first-order valence-corrected chi connectivity index (χ1v) is 9.41. The van der Waals surface area contributed by atoms with Gasteiger partial charge in [0.15, 0.2) is 4.32 Å². The largest absolute Gasteiger partial charge is 0.872 e. The summed E-state index contributed by atoms with van der Waals surface area (Å²) in [5.41, 5.74) is 1.59. The maximum Gasteiger partial charge on any atom is 0.335 e. The fourth-order valence-corrected chi connectivity index (χ4v) is 4.21. The number of carboxylic acid groups (broad SMARTS) is 1. The SMILES string of the molecule is O=C(O)c1cc(N2C(=O)/C(=C\C3=Cc4ccccc4OC3)SC2=S)ccc1[O-]. The minimum atomic E-state index is -1.35. The van der Waals surface area contributed by atoms with E-state index in [-0.39, 0.29) is 15.9 Å². The molecule has 0 saturated carbocycles. The van der Waals surface area contributed by atoms with Gasteiger partial charge in [-0.25, -0.2) is 4.79 Å². The van der Waals surface area contributed by atoms with Gasteiger partial charge in [0.1, 0.15) is 12.4 Å². The third-order valence-corrected chi connectivity index (χ3v) is 5.52. The highest BCUT2D eigenvalue weighted by atomic mass is 32.2. The van der Waals surface area contributed by atoms with Crippen molar-refractivity contribution in [3.8, 4) is 11.5 Å². The van der Waals surface area contributed by atoms with E-state index >= 15 is 0 Å². The van der Waals surface area contributed by atoms with E-state index in [0.717, 1.165) is 40.8 Å². The number of amides is 1. The molecule has 2 aliphatic heterocycles. The lowest BCUT2D eigenvalue weighted by molar-refractivity contribution is -0.268. The van der Waals surface area contributed by atoms with Gasteiger partial charge in [-0.2, -0.15) is 0 Å². The number of ether oxygens (including phenoxy) is 1. The van der Waals surface area contributed by atoms with Crippen LogP contribution < -0.4 is 14.7 Å². The van der Waals surface area contributed by atoms with Crippen LogP contribution in [0.1, 0.15) is 15.9 Å². The summed E-state index contributed by atoms with van der Waals surface area (Å²) in [4.78, 5) is 25.7. The number of carbonyl (C=O) groups is 2. The van der Waals surface area contributed by atoms with Crippen molar-refractivity contribution in [2.45, 2.75) is 0 Å². The number of para-hydroxylation sites is 1. The van der Waals surface area contributed by atoms with Crippen LogP contribution in [0.2, 0.25) is 0 Å². The number of carboxylic acids is 1. The number of nitrogens with zero attached hydrogens (tertiary/aromatic N) is 1.